The van der Waals surface area contributed by atoms with Crippen LogP contribution in [0.5, 0.6) is 0 Å². The van der Waals surface area contributed by atoms with E-state index >= 15 is 0 Å². The quantitative estimate of drug-likeness (QED) is 0.479. The summed E-state index contributed by atoms with van der Waals surface area (Å²) in [6.07, 6.45) is 0. The first kappa shape index (κ1) is 13.8. The molecule has 0 aliphatic rings. The molecule has 0 atom stereocenters. The van der Waals surface area contributed by atoms with Gasteiger partial charge in [-0.1, -0.05) is 0 Å². The van der Waals surface area contributed by atoms with E-state index in [0.717, 1.165) is 49.0 Å². The molecule has 3 N–H and O–H groups in total. The maximum atomic E-state index is 7.17. The van der Waals surface area contributed by atoms with Gasteiger partial charge in [-0.25, -0.2) is 0 Å². The molecule has 1 rings (SSSR count). The predicted molar refractivity (Wildman–Crippen MR) is 53.7 cm³/mol. The molecule has 3 nitrogen and oxygen atoms in total. The largest absolute Gasteiger partial charge is 0.631 e. The average molecular weight is 206 g/mol. The fourth-order valence-corrected chi connectivity index (χ4v) is 2.62. The van der Waals surface area contributed by atoms with Crippen molar-refractivity contribution in [2.45, 2.75) is 13.8 Å². The normalized spacial score (nSPS) is 8.85. The Kier molecular flexibility index (Phi) is 7.58. The number of rotatable bonds is 0. The van der Waals surface area contributed by atoms with E-state index in [9.17, 15) is 0 Å². The second-order valence-corrected chi connectivity index (χ2v) is 4.81. The molecular formula is C8H12BKO3. The molecule has 0 heterocycles. The Morgan fingerprint density at radius 1 is 1.00 bits per heavy atom. The van der Waals surface area contributed by atoms with Crippen molar-refractivity contribution in [3.8, 4) is 0 Å². The Morgan fingerprint density at radius 2 is 1.31 bits per heavy atom. The van der Waals surface area contributed by atoms with Crippen molar-refractivity contribution in [3.05, 3.63) is 29.3 Å². The molecule has 1 aromatic rings. The topological polar surface area (TPSA) is 60.7 Å². The van der Waals surface area contributed by atoms with Crippen LogP contribution in [0.1, 0.15) is 11.1 Å². The Balaban J connectivity index is 0.000000310. The summed E-state index contributed by atoms with van der Waals surface area (Å²) in [5, 5.41) is 21.5. The fraction of sp³-hybridized carbons (Fsp3) is 0.250. The summed E-state index contributed by atoms with van der Waals surface area (Å²) in [6.45, 7) is 4.31. The molecule has 0 aromatic heterocycles. The maximum Gasteiger partial charge on any atom is 0.631 e. The number of hydrogen-bond acceptors (Lipinski definition) is 3. The van der Waals surface area contributed by atoms with Gasteiger partial charge in [-0.05, 0) is 0 Å². The molecule has 0 fully saturated rings. The molecule has 0 spiro atoms. The number of hydrogen-bond donors (Lipinski definition) is 3. The molecule has 0 saturated heterocycles. The summed E-state index contributed by atoms with van der Waals surface area (Å²) in [4.78, 5) is 0. The van der Waals surface area contributed by atoms with E-state index in [4.69, 9.17) is 15.1 Å². The first-order valence-electron chi connectivity index (χ1n) is 4.01. The van der Waals surface area contributed by atoms with Crippen LogP contribution in [0, 0.1) is 13.8 Å². The average Bonchev–Trinajstić information content (AvgIpc) is 1.80. The van der Waals surface area contributed by atoms with E-state index in [1.807, 2.05) is 0 Å². The van der Waals surface area contributed by atoms with Gasteiger partial charge in [0.2, 0.25) is 0 Å². The molecule has 1 aromatic carbocycles. The van der Waals surface area contributed by atoms with Gasteiger partial charge in [0.1, 0.15) is 0 Å². The van der Waals surface area contributed by atoms with Crippen LogP contribution in [0.4, 0.5) is 0 Å². The Bertz CT molecular complexity index is 212. The van der Waals surface area contributed by atoms with Crippen LogP contribution in [0.25, 0.3) is 0 Å². The van der Waals surface area contributed by atoms with Crippen molar-refractivity contribution in [2.75, 3.05) is 0 Å². The number of aryl methyl sites for hydroxylation is 2. The summed E-state index contributed by atoms with van der Waals surface area (Å²) in [7, 11) is -2.17. The van der Waals surface area contributed by atoms with Crippen molar-refractivity contribution in [2.24, 2.45) is 0 Å². The van der Waals surface area contributed by atoms with E-state index < -0.39 is 7.32 Å². The Hall–Kier alpha value is 0.801. The van der Waals surface area contributed by atoms with Crippen molar-refractivity contribution >= 4 is 55.9 Å². The summed E-state index contributed by atoms with van der Waals surface area (Å²) >= 11 is 0.837. The third kappa shape index (κ3) is 9.11. The van der Waals surface area contributed by atoms with Gasteiger partial charge in [0.05, 0.1) is 0 Å². The van der Waals surface area contributed by atoms with Crippen LogP contribution in [0.15, 0.2) is 18.2 Å². The molecule has 0 aliphatic carbocycles. The molecule has 0 amide bonds. The molecule has 0 aliphatic heterocycles. The first-order chi connectivity index (χ1) is 5.91. The van der Waals surface area contributed by atoms with Crippen molar-refractivity contribution < 1.29 is 15.1 Å². The molecule has 0 radical (unpaired) electrons. The third-order valence-electron chi connectivity index (χ3n) is 1.37. The van der Waals surface area contributed by atoms with Crippen LogP contribution in [0.2, 0.25) is 0 Å². The smallest absolute Gasteiger partial charge is 0.402 e. The van der Waals surface area contributed by atoms with Gasteiger partial charge in [-0.15, -0.1) is 0 Å². The zero-order valence-electron chi connectivity index (χ0n) is 8.15. The third-order valence-corrected chi connectivity index (χ3v) is 2.27. The summed E-state index contributed by atoms with van der Waals surface area (Å²) in [5.41, 5.74) is 2.80. The standard InChI is InChI=1S/C8H9.BH3O3.K/c1-7-4-3-5-8(2)6-7;2-1(3)4;/h4-6H,1-2H3;2-4H;. The monoisotopic (exact) mass is 206 g/mol. The van der Waals surface area contributed by atoms with Gasteiger partial charge in [-0.2, -0.15) is 0 Å². The maximum absolute atomic E-state index is 7.17. The van der Waals surface area contributed by atoms with Crippen LogP contribution < -0.4 is -0.342 Å². The summed E-state index contributed by atoms with van der Waals surface area (Å²) in [5.74, 6) is 0. The molecule has 0 saturated carbocycles. The minimum absolute atomic E-state index is 0.837. The van der Waals surface area contributed by atoms with E-state index in [0.29, 0.717) is 0 Å². The van der Waals surface area contributed by atoms with Crippen molar-refractivity contribution in [1.82, 2.24) is 0 Å². The van der Waals surface area contributed by atoms with Gasteiger partial charge in [0.25, 0.3) is 0 Å². The van der Waals surface area contributed by atoms with Gasteiger partial charge >= 0.3 is 99.1 Å². The van der Waals surface area contributed by atoms with E-state index in [-0.39, 0.29) is 0 Å². The van der Waals surface area contributed by atoms with E-state index in [1.165, 1.54) is 11.1 Å². The van der Waals surface area contributed by atoms with Crippen LogP contribution in [-0.2, 0) is 0 Å². The molecule has 0 bridgehead atoms. The predicted octanol–water partition coefficient (Wildman–Crippen LogP) is -0.955. The van der Waals surface area contributed by atoms with Gasteiger partial charge in [0, 0.05) is 0 Å². The Labute approximate surface area is 113 Å². The van der Waals surface area contributed by atoms with Crippen LogP contribution in [-0.4, -0.2) is 71.3 Å². The molecule has 13 heavy (non-hydrogen) atoms. The minimum Gasteiger partial charge on any atom is -0.402 e. The molecule has 0 unspecified atom stereocenters. The molecule has 66 valence electrons. The first-order valence-corrected chi connectivity index (χ1v) is 5.57. The minimum atomic E-state index is -2.17. The fourth-order valence-electron chi connectivity index (χ4n) is 1.20. The van der Waals surface area contributed by atoms with Gasteiger partial charge in [0.15, 0.2) is 0 Å². The zero-order chi connectivity index (χ0) is 10.4. The molecule has 5 heteroatoms. The second kappa shape index (κ2) is 7.14. The second-order valence-electron chi connectivity index (χ2n) is 3.01. The Morgan fingerprint density at radius 3 is 1.54 bits per heavy atom. The van der Waals surface area contributed by atoms with E-state index in [1.54, 1.807) is -0.342 Å². The zero-order valence-corrected chi connectivity index (χ0v) is 11.3. The summed E-state index contributed by atoms with van der Waals surface area (Å²) in [6, 6.07) is 6.76. The van der Waals surface area contributed by atoms with Crippen molar-refractivity contribution in [1.29, 1.82) is 0 Å². The SMILES string of the molecule is Cc1cc(C)c[c]([K])c1.OB(O)O. The summed E-state index contributed by atoms with van der Waals surface area (Å²) < 4.78 is 1.54. The van der Waals surface area contributed by atoms with E-state index in [2.05, 4.69) is 32.0 Å². The van der Waals surface area contributed by atoms with Crippen LogP contribution in [0.3, 0.4) is 0 Å². The van der Waals surface area contributed by atoms with Crippen LogP contribution >= 0.6 is 0 Å². The number of benzene rings is 1. The van der Waals surface area contributed by atoms with Gasteiger partial charge in [-0.3, -0.25) is 0 Å². The van der Waals surface area contributed by atoms with Gasteiger partial charge < -0.3 is 15.1 Å². The van der Waals surface area contributed by atoms with Crippen molar-refractivity contribution in [3.63, 3.8) is 0 Å². The molecular weight excluding hydrogens is 194 g/mol.